The van der Waals surface area contributed by atoms with E-state index >= 15 is 0 Å². The standard InChI is InChI=1S/C19H15ClN6O4/c1-8-3-4-11-14(8)17(28)23-24-18(11)30-15-9(2)5-10(6-12(15)20)26-19(29)22-16(27)13(7-21)25-26/h5-6,8H,3-4H2,1-2H3,(H,23,28)(H,22,27,29). The number of hydrogen-bond donors (Lipinski definition) is 2. The van der Waals surface area contributed by atoms with Crippen LogP contribution in [0.1, 0.15) is 41.6 Å². The lowest BCUT2D eigenvalue weighted by Crippen LogP contribution is -2.33. The number of aromatic amines is 2. The average molecular weight is 427 g/mol. The van der Waals surface area contributed by atoms with Crippen LogP contribution >= 0.6 is 11.6 Å². The van der Waals surface area contributed by atoms with Crippen LogP contribution in [0.5, 0.6) is 11.6 Å². The average Bonchev–Trinajstić information content (AvgIpc) is 3.09. The summed E-state index contributed by atoms with van der Waals surface area (Å²) in [5, 5.41) is 19.4. The molecule has 0 fully saturated rings. The van der Waals surface area contributed by atoms with E-state index in [1.165, 1.54) is 6.07 Å². The highest BCUT2D eigenvalue weighted by molar-refractivity contribution is 6.32. The fourth-order valence-electron chi connectivity index (χ4n) is 3.54. The highest BCUT2D eigenvalue weighted by Gasteiger charge is 2.27. The maximum absolute atomic E-state index is 12.1. The second-order valence-corrected chi connectivity index (χ2v) is 7.40. The maximum Gasteiger partial charge on any atom is 0.349 e. The highest BCUT2D eigenvalue weighted by atomic mass is 35.5. The van der Waals surface area contributed by atoms with Gasteiger partial charge in [0.15, 0.2) is 5.75 Å². The number of nitriles is 1. The molecule has 0 amide bonds. The number of ether oxygens (including phenoxy) is 1. The van der Waals surface area contributed by atoms with Gasteiger partial charge < -0.3 is 4.74 Å². The lowest BCUT2D eigenvalue weighted by atomic mass is 10.1. The predicted molar refractivity (Wildman–Crippen MR) is 107 cm³/mol. The van der Waals surface area contributed by atoms with Gasteiger partial charge in [0.25, 0.3) is 11.1 Å². The Balaban J connectivity index is 1.78. The minimum absolute atomic E-state index is 0.112. The molecule has 0 spiro atoms. The van der Waals surface area contributed by atoms with Crippen LogP contribution in [-0.2, 0) is 6.42 Å². The van der Waals surface area contributed by atoms with Crippen molar-refractivity contribution in [2.24, 2.45) is 0 Å². The number of rotatable bonds is 3. The number of hydrogen-bond acceptors (Lipinski definition) is 7. The first-order valence-corrected chi connectivity index (χ1v) is 9.41. The predicted octanol–water partition coefficient (Wildman–Crippen LogP) is 1.68. The lowest BCUT2D eigenvalue weighted by molar-refractivity contribution is 0.445. The molecular weight excluding hydrogens is 412 g/mol. The Kier molecular flexibility index (Phi) is 4.75. The molecule has 11 heteroatoms. The van der Waals surface area contributed by atoms with E-state index in [1.807, 2.05) is 11.9 Å². The molecule has 10 nitrogen and oxygen atoms in total. The van der Waals surface area contributed by atoms with Gasteiger partial charge in [-0.3, -0.25) is 14.6 Å². The number of halogens is 1. The number of aryl methyl sites for hydroxylation is 1. The Labute approximate surface area is 173 Å². The molecule has 2 N–H and O–H groups in total. The number of nitrogens with zero attached hydrogens (tertiary/aromatic N) is 4. The Morgan fingerprint density at radius 2 is 2.07 bits per heavy atom. The molecule has 1 unspecified atom stereocenters. The molecule has 0 radical (unpaired) electrons. The zero-order chi connectivity index (χ0) is 21.6. The second kappa shape index (κ2) is 7.27. The normalized spacial score (nSPS) is 14.9. The summed E-state index contributed by atoms with van der Waals surface area (Å²) in [4.78, 5) is 37.8. The first-order chi connectivity index (χ1) is 14.3. The molecule has 152 valence electrons. The summed E-state index contributed by atoms with van der Waals surface area (Å²) in [6, 6.07) is 4.62. The SMILES string of the molecule is Cc1cc(-n2nc(C#N)c(=O)[nH]c2=O)cc(Cl)c1Oc1n[nH]c(=O)c2c1CCC2C. The molecule has 1 aliphatic rings. The third-order valence-corrected chi connectivity index (χ3v) is 5.28. The highest BCUT2D eigenvalue weighted by Crippen LogP contribution is 2.39. The van der Waals surface area contributed by atoms with Crippen LogP contribution in [-0.4, -0.2) is 25.0 Å². The number of fused-ring (bicyclic) bond motifs is 1. The van der Waals surface area contributed by atoms with Crippen molar-refractivity contribution in [2.45, 2.75) is 32.6 Å². The monoisotopic (exact) mass is 426 g/mol. The third kappa shape index (κ3) is 3.19. The van der Waals surface area contributed by atoms with Crippen molar-refractivity contribution < 1.29 is 4.74 Å². The topological polar surface area (TPSA) is 147 Å². The minimum atomic E-state index is -0.867. The van der Waals surface area contributed by atoms with E-state index in [4.69, 9.17) is 21.6 Å². The fraction of sp³-hybridized carbons (Fsp3) is 0.263. The Morgan fingerprint density at radius 3 is 2.77 bits per heavy atom. The fourth-order valence-corrected chi connectivity index (χ4v) is 3.84. The molecule has 30 heavy (non-hydrogen) atoms. The van der Waals surface area contributed by atoms with E-state index in [-0.39, 0.29) is 28.1 Å². The first kappa shape index (κ1) is 19.6. The Hall–Kier alpha value is -3.71. The second-order valence-electron chi connectivity index (χ2n) is 7.00. The molecule has 1 aromatic carbocycles. The third-order valence-electron chi connectivity index (χ3n) is 5.00. The van der Waals surface area contributed by atoms with Crippen molar-refractivity contribution >= 4 is 11.6 Å². The van der Waals surface area contributed by atoms with Gasteiger partial charge in [-0.1, -0.05) is 18.5 Å². The summed E-state index contributed by atoms with van der Waals surface area (Å²) in [5.74, 6) is 0.693. The zero-order valence-corrected chi connectivity index (χ0v) is 16.7. The summed E-state index contributed by atoms with van der Waals surface area (Å²) < 4.78 is 6.82. The van der Waals surface area contributed by atoms with Gasteiger partial charge in [0, 0.05) is 11.1 Å². The molecule has 0 aliphatic heterocycles. The summed E-state index contributed by atoms with van der Waals surface area (Å²) >= 11 is 6.40. The van der Waals surface area contributed by atoms with E-state index in [9.17, 15) is 14.4 Å². The summed E-state index contributed by atoms with van der Waals surface area (Å²) in [5.41, 5.74) is -0.130. The molecule has 3 aromatic rings. The van der Waals surface area contributed by atoms with Crippen molar-refractivity contribution in [3.63, 3.8) is 0 Å². The smallest absolute Gasteiger partial charge is 0.349 e. The van der Waals surface area contributed by atoms with E-state index in [0.717, 1.165) is 16.7 Å². The van der Waals surface area contributed by atoms with E-state index in [2.05, 4.69) is 15.3 Å². The van der Waals surface area contributed by atoms with Gasteiger partial charge in [-0.2, -0.15) is 9.94 Å². The van der Waals surface area contributed by atoms with Crippen molar-refractivity contribution in [1.82, 2.24) is 25.0 Å². The number of nitrogens with one attached hydrogen (secondary N) is 2. The quantitative estimate of drug-likeness (QED) is 0.647. The summed E-state index contributed by atoms with van der Waals surface area (Å²) in [6.45, 7) is 3.68. The van der Waals surface area contributed by atoms with Gasteiger partial charge in [-0.25, -0.2) is 9.89 Å². The molecule has 0 saturated heterocycles. The summed E-state index contributed by atoms with van der Waals surface area (Å²) in [6.07, 6.45) is 1.50. The van der Waals surface area contributed by atoms with E-state index < -0.39 is 16.9 Å². The number of aromatic nitrogens is 5. The van der Waals surface area contributed by atoms with Crippen molar-refractivity contribution in [1.29, 1.82) is 5.26 Å². The van der Waals surface area contributed by atoms with Crippen LogP contribution in [0.25, 0.3) is 5.69 Å². The van der Waals surface area contributed by atoms with Crippen molar-refractivity contribution in [3.05, 3.63) is 70.7 Å². The van der Waals surface area contributed by atoms with Gasteiger partial charge >= 0.3 is 5.69 Å². The minimum Gasteiger partial charge on any atom is -0.435 e. The first-order valence-electron chi connectivity index (χ1n) is 9.03. The molecule has 2 heterocycles. The lowest BCUT2D eigenvalue weighted by Gasteiger charge is -2.14. The zero-order valence-electron chi connectivity index (χ0n) is 15.9. The Morgan fingerprint density at radius 1 is 1.30 bits per heavy atom. The van der Waals surface area contributed by atoms with Gasteiger partial charge in [-0.15, -0.1) is 10.2 Å². The van der Waals surface area contributed by atoms with Crippen LogP contribution in [0.4, 0.5) is 0 Å². The molecule has 2 aromatic heterocycles. The number of benzene rings is 1. The van der Waals surface area contributed by atoms with E-state index in [1.54, 1.807) is 19.1 Å². The van der Waals surface area contributed by atoms with Crippen LogP contribution in [0.3, 0.4) is 0 Å². The maximum atomic E-state index is 12.1. The molecule has 0 bridgehead atoms. The van der Waals surface area contributed by atoms with E-state index in [0.29, 0.717) is 23.3 Å². The molecular formula is C19H15ClN6O4. The van der Waals surface area contributed by atoms with Crippen LogP contribution in [0.15, 0.2) is 26.5 Å². The van der Waals surface area contributed by atoms with Gasteiger partial charge in [0.1, 0.15) is 6.07 Å². The van der Waals surface area contributed by atoms with Gasteiger partial charge in [0.2, 0.25) is 11.6 Å². The molecule has 0 saturated carbocycles. The summed E-state index contributed by atoms with van der Waals surface area (Å²) in [7, 11) is 0. The van der Waals surface area contributed by atoms with Crippen LogP contribution in [0, 0.1) is 18.3 Å². The van der Waals surface area contributed by atoms with Crippen LogP contribution < -0.4 is 21.5 Å². The van der Waals surface area contributed by atoms with Crippen molar-refractivity contribution in [3.8, 4) is 23.4 Å². The van der Waals surface area contributed by atoms with Gasteiger partial charge in [-0.05, 0) is 43.4 Å². The van der Waals surface area contributed by atoms with Crippen molar-refractivity contribution in [2.75, 3.05) is 0 Å². The van der Waals surface area contributed by atoms with Gasteiger partial charge in [0.05, 0.1) is 10.7 Å². The van der Waals surface area contributed by atoms with Crippen LogP contribution in [0.2, 0.25) is 5.02 Å². The largest absolute Gasteiger partial charge is 0.435 e. The number of H-pyrrole nitrogens is 2. The molecule has 4 rings (SSSR count). The molecule has 1 atom stereocenters. The molecule has 1 aliphatic carbocycles. The Bertz CT molecular complexity index is 1370.